The summed E-state index contributed by atoms with van der Waals surface area (Å²) >= 11 is 0. The molecule has 0 aromatic rings. The second-order valence-corrected chi connectivity index (χ2v) is 3.86. The molecule has 0 spiro atoms. The number of hydrogen-bond acceptors (Lipinski definition) is 3. The Morgan fingerprint density at radius 3 is 2.33 bits per heavy atom. The van der Waals surface area contributed by atoms with Gasteiger partial charge < -0.3 is 14.8 Å². The van der Waals surface area contributed by atoms with Crippen LogP contribution in [0.5, 0.6) is 0 Å². The Labute approximate surface area is 94.5 Å². The molecule has 0 saturated heterocycles. The summed E-state index contributed by atoms with van der Waals surface area (Å²) in [6.07, 6.45) is 4.86. The fourth-order valence-electron chi connectivity index (χ4n) is 1.90. The van der Waals surface area contributed by atoms with Gasteiger partial charge in [0.2, 0.25) is 0 Å². The molecule has 2 unspecified atom stereocenters. The van der Waals surface area contributed by atoms with Gasteiger partial charge >= 0.3 is 0 Å². The van der Waals surface area contributed by atoms with Crippen LogP contribution in [0.25, 0.3) is 0 Å². The van der Waals surface area contributed by atoms with Crippen LogP contribution in [0.2, 0.25) is 0 Å². The Hall–Kier alpha value is -0.120. The molecular formula is C12H27NO2. The Morgan fingerprint density at radius 1 is 1.13 bits per heavy atom. The molecule has 0 radical (unpaired) electrons. The van der Waals surface area contributed by atoms with E-state index in [4.69, 9.17) is 9.47 Å². The van der Waals surface area contributed by atoms with Crippen molar-refractivity contribution in [3.63, 3.8) is 0 Å². The highest BCUT2D eigenvalue weighted by atomic mass is 16.5. The second-order valence-electron chi connectivity index (χ2n) is 3.86. The van der Waals surface area contributed by atoms with Crippen LogP contribution in [0.1, 0.15) is 39.5 Å². The Bertz CT molecular complexity index is 131. The standard InChI is InChI=1S/C12H27NO2/c1-5-8-12(15-4)11(13-6-2)9-7-10-14-3/h11-13H,5-10H2,1-4H3. The van der Waals surface area contributed by atoms with Gasteiger partial charge in [0.1, 0.15) is 0 Å². The minimum Gasteiger partial charge on any atom is -0.385 e. The lowest BCUT2D eigenvalue weighted by atomic mass is 10.0. The normalized spacial score (nSPS) is 15.2. The summed E-state index contributed by atoms with van der Waals surface area (Å²) in [6.45, 7) is 6.18. The topological polar surface area (TPSA) is 30.5 Å². The fourth-order valence-corrected chi connectivity index (χ4v) is 1.90. The Morgan fingerprint density at radius 2 is 1.87 bits per heavy atom. The molecule has 0 fully saturated rings. The van der Waals surface area contributed by atoms with E-state index in [0.717, 1.165) is 32.4 Å². The molecule has 0 aliphatic rings. The zero-order valence-electron chi connectivity index (χ0n) is 10.7. The highest BCUT2D eigenvalue weighted by Gasteiger charge is 2.18. The molecule has 2 atom stereocenters. The first-order valence-corrected chi connectivity index (χ1v) is 6.05. The van der Waals surface area contributed by atoms with Gasteiger partial charge in [0.05, 0.1) is 6.10 Å². The van der Waals surface area contributed by atoms with Crippen LogP contribution < -0.4 is 5.32 Å². The zero-order chi connectivity index (χ0) is 11.5. The summed E-state index contributed by atoms with van der Waals surface area (Å²) in [7, 11) is 3.56. The first-order valence-electron chi connectivity index (χ1n) is 6.05. The molecule has 3 nitrogen and oxygen atoms in total. The van der Waals surface area contributed by atoms with Gasteiger partial charge in [0.15, 0.2) is 0 Å². The van der Waals surface area contributed by atoms with Crippen LogP contribution >= 0.6 is 0 Å². The summed E-state index contributed by atoms with van der Waals surface area (Å²) in [5.41, 5.74) is 0. The van der Waals surface area contributed by atoms with Crippen molar-refractivity contribution in [2.45, 2.75) is 51.7 Å². The average molecular weight is 217 g/mol. The van der Waals surface area contributed by atoms with E-state index in [1.54, 1.807) is 14.2 Å². The first-order chi connectivity index (χ1) is 7.29. The lowest BCUT2D eigenvalue weighted by Gasteiger charge is -2.26. The summed E-state index contributed by atoms with van der Waals surface area (Å²) in [4.78, 5) is 0. The number of methoxy groups -OCH3 is 2. The van der Waals surface area contributed by atoms with Crippen molar-refractivity contribution in [3.8, 4) is 0 Å². The molecule has 0 rings (SSSR count). The van der Waals surface area contributed by atoms with E-state index in [0.29, 0.717) is 12.1 Å². The zero-order valence-corrected chi connectivity index (χ0v) is 10.7. The van der Waals surface area contributed by atoms with E-state index < -0.39 is 0 Å². The van der Waals surface area contributed by atoms with Crippen LogP contribution in [0.15, 0.2) is 0 Å². The predicted molar refractivity (Wildman–Crippen MR) is 64.3 cm³/mol. The van der Waals surface area contributed by atoms with Crippen LogP contribution in [-0.4, -0.2) is 39.5 Å². The van der Waals surface area contributed by atoms with E-state index in [1.165, 1.54) is 6.42 Å². The van der Waals surface area contributed by atoms with E-state index >= 15 is 0 Å². The first kappa shape index (κ1) is 14.9. The van der Waals surface area contributed by atoms with Crippen molar-refractivity contribution < 1.29 is 9.47 Å². The van der Waals surface area contributed by atoms with Crippen molar-refractivity contribution in [3.05, 3.63) is 0 Å². The maximum Gasteiger partial charge on any atom is 0.0724 e. The van der Waals surface area contributed by atoms with Gasteiger partial charge in [-0.15, -0.1) is 0 Å². The summed E-state index contributed by atoms with van der Waals surface area (Å²) in [5, 5.41) is 3.50. The number of likely N-dealkylation sites (N-methyl/N-ethyl adjacent to an activating group) is 1. The molecule has 0 aromatic heterocycles. The molecule has 15 heavy (non-hydrogen) atoms. The minimum absolute atomic E-state index is 0.340. The molecule has 0 heterocycles. The molecule has 0 amide bonds. The number of rotatable bonds is 10. The molecular weight excluding hydrogens is 190 g/mol. The van der Waals surface area contributed by atoms with Crippen molar-refractivity contribution in [2.24, 2.45) is 0 Å². The SMILES string of the molecule is CCCC(OC)C(CCCOC)NCC. The highest BCUT2D eigenvalue weighted by molar-refractivity contribution is 4.76. The van der Waals surface area contributed by atoms with Crippen molar-refractivity contribution >= 4 is 0 Å². The number of nitrogens with one attached hydrogen (secondary N) is 1. The van der Waals surface area contributed by atoms with Gasteiger partial charge in [-0.2, -0.15) is 0 Å². The smallest absolute Gasteiger partial charge is 0.0724 e. The summed E-state index contributed by atoms with van der Waals surface area (Å²) < 4.78 is 10.6. The Kier molecular flexibility index (Phi) is 10.3. The van der Waals surface area contributed by atoms with Gasteiger partial charge in [-0.3, -0.25) is 0 Å². The van der Waals surface area contributed by atoms with E-state index in [2.05, 4.69) is 19.2 Å². The van der Waals surface area contributed by atoms with Gasteiger partial charge in [0.25, 0.3) is 0 Å². The average Bonchev–Trinajstić information content (AvgIpc) is 2.25. The van der Waals surface area contributed by atoms with Gasteiger partial charge in [-0.1, -0.05) is 20.3 Å². The van der Waals surface area contributed by atoms with E-state index in [-0.39, 0.29) is 0 Å². The largest absolute Gasteiger partial charge is 0.385 e. The number of ether oxygens (including phenoxy) is 2. The van der Waals surface area contributed by atoms with Gasteiger partial charge in [-0.25, -0.2) is 0 Å². The quantitative estimate of drug-likeness (QED) is 0.569. The van der Waals surface area contributed by atoms with Crippen molar-refractivity contribution in [2.75, 3.05) is 27.4 Å². The van der Waals surface area contributed by atoms with Crippen LogP contribution in [0.3, 0.4) is 0 Å². The van der Waals surface area contributed by atoms with Crippen molar-refractivity contribution in [1.29, 1.82) is 0 Å². The van der Waals surface area contributed by atoms with E-state index in [9.17, 15) is 0 Å². The molecule has 92 valence electrons. The van der Waals surface area contributed by atoms with Gasteiger partial charge in [-0.05, 0) is 25.8 Å². The Balaban J connectivity index is 3.95. The van der Waals surface area contributed by atoms with Crippen LogP contribution in [0.4, 0.5) is 0 Å². The van der Waals surface area contributed by atoms with Gasteiger partial charge in [0, 0.05) is 26.9 Å². The summed E-state index contributed by atoms with van der Waals surface area (Å²) in [6, 6.07) is 0.468. The molecule has 0 aromatic carbocycles. The molecule has 0 bridgehead atoms. The molecule has 0 saturated carbocycles. The third-order valence-electron chi connectivity index (χ3n) is 2.65. The number of hydrogen-bond donors (Lipinski definition) is 1. The minimum atomic E-state index is 0.340. The second kappa shape index (κ2) is 10.4. The predicted octanol–water partition coefficient (Wildman–Crippen LogP) is 2.21. The van der Waals surface area contributed by atoms with Crippen LogP contribution in [-0.2, 0) is 9.47 Å². The van der Waals surface area contributed by atoms with Crippen LogP contribution in [0, 0.1) is 0 Å². The fraction of sp³-hybridized carbons (Fsp3) is 1.00. The molecule has 0 aliphatic heterocycles. The van der Waals surface area contributed by atoms with E-state index in [1.807, 2.05) is 0 Å². The lowest BCUT2D eigenvalue weighted by Crippen LogP contribution is -2.41. The lowest BCUT2D eigenvalue weighted by molar-refractivity contribution is 0.0551. The maximum atomic E-state index is 5.53. The molecule has 1 N–H and O–H groups in total. The third-order valence-corrected chi connectivity index (χ3v) is 2.65. The summed E-state index contributed by atoms with van der Waals surface area (Å²) in [5.74, 6) is 0. The third kappa shape index (κ3) is 6.88. The maximum absolute atomic E-state index is 5.53. The monoisotopic (exact) mass is 217 g/mol. The molecule has 3 heteroatoms. The molecule has 0 aliphatic carbocycles. The van der Waals surface area contributed by atoms with Crippen molar-refractivity contribution in [1.82, 2.24) is 5.32 Å². The highest BCUT2D eigenvalue weighted by Crippen LogP contribution is 2.11.